The van der Waals surface area contributed by atoms with E-state index in [1.165, 1.54) is 0 Å². The predicted molar refractivity (Wildman–Crippen MR) is 50.7 cm³/mol. The van der Waals surface area contributed by atoms with Crippen LogP contribution in [0.5, 0.6) is 0 Å². The molecular formula is C8H11ClOSi. The van der Waals surface area contributed by atoms with E-state index in [0.29, 0.717) is 6.61 Å². The number of hydrogen-bond donors (Lipinski definition) is 0. The lowest BCUT2D eigenvalue weighted by Crippen LogP contribution is -2.27. The van der Waals surface area contributed by atoms with Gasteiger partial charge >= 0.3 is 8.35 Å². The maximum atomic E-state index is 6.02. The van der Waals surface area contributed by atoms with Gasteiger partial charge in [-0.25, -0.2) is 0 Å². The van der Waals surface area contributed by atoms with Gasteiger partial charge in [-0.2, -0.15) is 0 Å². The summed E-state index contributed by atoms with van der Waals surface area (Å²) in [6, 6.07) is 9.97. The molecule has 60 valence electrons. The van der Waals surface area contributed by atoms with Gasteiger partial charge in [-0.05, 0) is 12.1 Å². The summed E-state index contributed by atoms with van der Waals surface area (Å²) in [6.45, 7) is 2.67. The summed E-state index contributed by atoms with van der Waals surface area (Å²) in [4.78, 5) is 0. The fourth-order valence-corrected chi connectivity index (χ4v) is 2.67. The summed E-state index contributed by atoms with van der Waals surface area (Å²) in [5.41, 5.74) is 0. The van der Waals surface area contributed by atoms with Gasteiger partial charge in [-0.3, -0.25) is 0 Å². The Morgan fingerprint density at radius 3 is 2.55 bits per heavy atom. The molecule has 1 unspecified atom stereocenters. The van der Waals surface area contributed by atoms with Crippen molar-refractivity contribution in [2.24, 2.45) is 0 Å². The molecule has 0 heterocycles. The first kappa shape index (κ1) is 8.78. The molecule has 3 heteroatoms. The van der Waals surface area contributed by atoms with Crippen molar-refractivity contribution in [1.82, 2.24) is 0 Å². The molecule has 1 nitrogen and oxygen atoms in total. The molecule has 0 N–H and O–H groups in total. The molecular weight excluding hydrogens is 176 g/mol. The van der Waals surface area contributed by atoms with Gasteiger partial charge in [0.1, 0.15) is 0 Å². The lowest BCUT2D eigenvalue weighted by atomic mass is 10.4. The molecule has 1 aromatic carbocycles. The Bertz CT molecular complexity index is 203. The summed E-state index contributed by atoms with van der Waals surface area (Å²) in [5.74, 6) is 0. The van der Waals surface area contributed by atoms with E-state index in [4.69, 9.17) is 15.5 Å². The molecule has 11 heavy (non-hydrogen) atoms. The minimum atomic E-state index is -1.59. The second kappa shape index (κ2) is 4.54. The molecule has 0 aliphatic heterocycles. The lowest BCUT2D eigenvalue weighted by Gasteiger charge is -2.06. The zero-order valence-electron chi connectivity index (χ0n) is 6.46. The van der Waals surface area contributed by atoms with Crippen LogP contribution in [0.25, 0.3) is 0 Å². The van der Waals surface area contributed by atoms with Crippen LogP contribution in [0.1, 0.15) is 6.92 Å². The van der Waals surface area contributed by atoms with Gasteiger partial charge in [0, 0.05) is 6.61 Å². The summed E-state index contributed by atoms with van der Waals surface area (Å²) in [5, 5.41) is 1.15. The Labute approximate surface area is 73.4 Å². The molecule has 0 amide bonds. The Balaban J connectivity index is 2.61. The Morgan fingerprint density at radius 2 is 2.00 bits per heavy atom. The molecule has 0 aromatic heterocycles. The SMILES string of the molecule is CCO[SiH](Cl)c1ccccc1. The van der Waals surface area contributed by atoms with Crippen LogP contribution in [0, 0.1) is 0 Å². The standard InChI is InChI=1S/C8H11ClOSi/c1-2-10-11(9)8-6-4-3-5-7-8/h3-7,11H,2H2,1H3. The second-order valence-corrected chi connectivity index (χ2v) is 5.00. The summed E-state index contributed by atoms with van der Waals surface area (Å²) >= 11 is 6.02. The smallest absolute Gasteiger partial charge is 0.306 e. The minimum Gasteiger partial charge on any atom is -0.402 e. The van der Waals surface area contributed by atoms with Gasteiger partial charge in [-0.15, -0.1) is 11.1 Å². The fourth-order valence-electron chi connectivity index (χ4n) is 0.847. The van der Waals surface area contributed by atoms with E-state index in [0.717, 1.165) is 5.19 Å². The van der Waals surface area contributed by atoms with Crippen LogP contribution in [-0.2, 0) is 4.43 Å². The van der Waals surface area contributed by atoms with Crippen molar-refractivity contribution < 1.29 is 4.43 Å². The van der Waals surface area contributed by atoms with Crippen LogP contribution in [0.15, 0.2) is 30.3 Å². The number of hydrogen-bond acceptors (Lipinski definition) is 1. The molecule has 0 bridgehead atoms. The van der Waals surface area contributed by atoms with Crippen molar-refractivity contribution in [2.45, 2.75) is 6.92 Å². The van der Waals surface area contributed by atoms with Crippen molar-refractivity contribution in [3.05, 3.63) is 30.3 Å². The van der Waals surface area contributed by atoms with Gasteiger partial charge < -0.3 is 4.43 Å². The fraction of sp³-hybridized carbons (Fsp3) is 0.250. The highest BCUT2D eigenvalue weighted by atomic mass is 35.6. The van der Waals surface area contributed by atoms with Crippen molar-refractivity contribution >= 4 is 24.6 Å². The molecule has 0 radical (unpaired) electrons. The van der Waals surface area contributed by atoms with Crippen LogP contribution in [0.2, 0.25) is 0 Å². The Hall–Kier alpha value is -0.313. The predicted octanol–water partition coefficient (Wildman–Crippen LogP) is 1.39. The second-order valence-electron chi connectivity index (χ2n) is 2.18. The largest absolute Gasteiger partial charge is 0.402 e. The Kier molecular flexibility index (Phi) is 3.63. The van der Waals surface area contributed by atoms with E-state index in [1.54, 1.807) is 0 Å². The van der Waals surface area contributed by atoms with Crippen molar-refractivity contribution in [1.29, 1.82) is 0 Å². The van der Waals surface area contributed by atoms with Crippen LogP contribution < -0.4 is 5.19 Å². The van der Waals surface area contributed by atoms with E-state index in [9.17, 15) is 0 Å². The summed E-state index contributed by atoms with van der Waals surface area (Å²) < 4.78 is 5.33. The van der Waals surface area contributed by atoms with E-state index < -0.39 is 8.35 Å². The first-order chi connectivity index (χ1) is 5.34. The molecule has 1 rings (SSSR count). The van der Waals surface area contributed by atoms with Crippen LogP contribution in [0.4, 0.5) is 0 Å². The van der Waals surface area contributed by atoms with E-state index in [-0.39, 0.29) is 0 Å². The summed E-state index contributed by atoms with van der Waals surface area (Å²) in [7, 11) is -1.59. The average Bonchev–Trinajstić information content (AvgIpc) is 2.07. The topological polar surface area (TPSA) is 9.23 Å². The van der Waals surface area contributed by atoms with Gasteiger partial charge in [0.15, 0.2) is 0 Å². The molecule has 1 atom stereocenters. The number of rotatable bonds is 3. The summed E-state index contributed by atoms with van der Waals surface area (Å²) in [6.07, 6.45) is 0. The highest BCUT2D eigenvalue weighted by Gasteiger charge is 2.08. The molecule has 0 fully saturated rings. The maximum absolute atomic E-state index is 6.02. The average molecular weight is 187 g/mol. The Morgan fingerprint density at radius 1 is 1.36 bits per heavy atom. The molecule has 0 aliphatic rings. The van der Waals surface area contributed by atoms with Gasteiger partial charge in [0.05, 0.1) is 0 Å². The lowest BCUT2D eigenvalue weighted by molar-refractivity contribution is 0.362. The first-order valence-corrected chi connectivity index (χ1v) is 6.44. The number of halogens is 1. The zero-order chi connectivity index (χ0) is 8.10. The van der Waals surface area contributed by atoms with Crippen molar-refractivity contribution in [2.75, 3.05) is 6.61 Å². The zero-order valence-corrected chi connectivity index (χ0v) is 8.37. The molecule has 0 saturated heterocycles. The molecule has 1 aromatic rings. The van der Waals surface area contributed by atoms with Gasteiger partial charge in [0.2, 0.25) is 0 Å². The van der Waals surface area contributed by atoms with E-state index in [2.05, 4.69) is 0 Å². The van der Waals surface area contributed by atoms with Crippen molar-refractivity contribution in [3.8, 4) is 0 Å². The third kappa shape index (κ3) is 2.65. The monoisotopic (exact) mass is 186 g/mol. The maximum Gasteiger partial charge on any atom is 0.306 e. The third-order valence-electron chi connectivity index (χ3n) is 1.37. The highest BCUT2D eigenvalue weighted by Crippen LogP contribution is 1.94. The first-order valence-electron chi connectivity index (χ1n) is 3.65. The normalized spacial score (nSPS) is 12.9. The van der Waals surface area contributed by atoms with Crippen molar-refractivity contribution in [3.63, 3.8) is 0 Å². The third-order valence-corrected chi connectivity index (χ3v) is 4.04. The highest BCUT2D eigenvalue weighted by molar-refractivity contribution is 7.10. The molecule has 0 saturated carbocycles. The van der Waals surface area contributed by atoms with Gasteiger partial charge in [0.25, 0.3) is 0 Å². The van der Waals surface area contributed by atoms with Crippen LogP contribution >= 0.6 is 11.1 Å². The molecule has 0 aliphatic carbocycles. The van der Waals surface area contributed by atoms with Gasteiger partial charge in [-0.1, -0.05) is 30.3 Å². The van der Waals surface area contributed by atoms with Crippen LogP contribution in [-0.4, -0.2) is 15.0 Å². The van der Waals surface area contributed by atoms with Crippen LogP contribution in [0.3, 0.4) is 0 Å². The quantitative estimate of drug-likeness (QED) is 0.512. The molecule has 0 spiro atoms. The van der Waals surface area contributed by atoms with E-state index in [1.807, 2.05) is 37.3 Å². The number of benzene rings is 1. The van der Waals surface area contributed by atoms with E-state index >= 15 is 0 Å². The minimum absolute atomic E-state index is 0.704.